The molecule has 2 heterocycles. The van der Waals surface area contributed by atoms with Gasteiger partial charge in [0.15, 0.2) is 5.76 Å². The number of oxazole rings is 1. The van der Waals surface area contributed by atoms with Crippen LogP contribution in [0.4, 0.5) is 11.7 Å². The van der Waals surface area contributed by atoms with Crippen molar-refractivity contribution in [3.63, 3.8) is 0 Å². The molecule has 100 valence electrons. The zero-order valence-electron chi connectivity index (χ0n) is 10.9. The molecular formula is C15H13N3O2. The van der Waals surface area contributed by atoms with Gasteiger partial charge in [0.05, 0.1) is 19.0 Å². The summed E-state index contributed by atoms with van der Waals surface area (Å²) in [5, 5.41) is 3.10. The summed E-state index contributed by atoms with van der Waals surface area (Å²) in [7, 11) is 1.62. The van der Waals surface area contributed by atoms with Crippen LogP contribution in [0.2, 0.25) is 0 Å². The number of benzene rings is 1. The van der Waals surface area contributed by atoms with Gasteiger partial charge in [0.1, 0.15) is 5.75 Å². The van der Waals surface area contributed by atoms with Gasteiger partial charge in [-0.25, -0.2) is 4.98 Å². The van der Waals surface area contributed by atoms with E-state index < -0.39 is 0 Å². The Labute approximate surface area is 116 Å². The van der Waals surface area contributed by atoms with Crippen molar-refractivity contribution in [2.45, 2.75) is 0 Å². The van der Waals surface area contributed by atoms with Crippen LogP contribution in [-0.2, 0) is 0 Å². The Morgan fingerprint density at radius 1 is 1.10 bits per heavy atom. The van der Waals surface area contributed by atoms with Gasteiger partial charge in [0, 0.05) is 18.0 Å². The van der Waals surface area contributed by atoms with Crippen molar-refractivity contribution in [3.05, 3.63) is 55.0 Å². The maximum Gasteiger partial charge on any atom is 0.299 e. The minimum absolute atomic E-state index is 0.418. The van der Waals surface area contributed by atoms with Crippen molar-refractivity contribution in [1.82, 2.24) is 9.97 Å². The van der Waals surface area contributed by atoms with Gasteiger partial charge in [-0.05, 0) is 24.3 Å². The lowest BCUT2D eigenvalue weighted by molar-refractivity contribution is 0.416. The highest BCUT2D eigenvalue weighted by molar-refractivity contribution is 5.63. The first-order valence-corrected chi connectivity index (χ1v) is 6.13. The third-order valence-corrected chi connectivity index (χ3v) is 2.82. The largest absolute Gasteiger partial charge is 0.495 e. The highest BCUT2D eigenvalue weighted by atomic mass is 16.5. The van der Waals surface area contributed by atoms with E-state index in [0.29, 0.717) is 11.8 Å². The number of hydrogen-bond acceptors (Lipinski definition) is 5. The number of para-hydroxylation sites is 2. The van der Waals surface area contributed by atoms with Crippen molar-refractivity contribution in [3.8, 4) is 17.1 Å². The lowest BCUT2D eigenvalue weighted by Gasteiger charge is -2.07. The molecule has 0 fully saturated rings. The molecule has 0 spiro atoms. The topological polar surface area (TPSA) is 60.2 Å². The molecule has 20 heavy (non-hydrogen) atoms. The molecule has 0 saturated carbocycles. The first-order valence-electron chi connectivity index (χ1n) is 6.13. The number of hydrogen-bond donors (Lipinski definition) is 1. The first-order chi connectivity index (χ1) is 9.86. The molecule has 0 aliphatic heterocycles. The number of pyridine rings is 1. The second-order valence-electron chi connectivity index (χ2n) is 4.09. The summed E-state index contributed by atoms with van der Waals surface area (Å²) in [6.45, 7) is 0. The van der Waals surface area contributed by atoms with E-state index in [1.807, 2.05) is 36.4 Å². The maximum absolute atomic E-state index is 5.67. The van der Waals surface area contributed by atoms with E-state index in [4.69, 9.17) is 9.15 Å². The second kappa shape index (κ2) is 5.44. The van der Waals surface area contributed by atoms with Gasteiger partial charge in [0.2, 0.25) is 0 Å². The third-order valence-electron chi connectivity index (χ3n) is 2.82. The molecule has 2 aromatic heterocycles. The van der Waals surface area contributed by atoms with E-state index in [-0.39, 0.29) is 0 Å². The molecule has 3 aromatic rings. The SMILES string of the molecule is COc1ccccc1Nc1ncc(-c2ccncc2)o1. The maximum atomic E-state index is 5.67. The molecule has 5 heteroatoms. The number of aromatic nitrogens is 2. The van der Waals surface area contributed by atoms with Crippen LogP contribution in [0, 0.1) is 0 Å². The third kappa shape index (κ3) is 2.47. The van der Waals surface area contributed by atoms with Crippen LogP contribution in [-0.4, -0.2) is 17.1 Å². The molecule has 0 saturated heterocycles. The van der Waals surface area contributed by atoms with E-state index >= 15 is 0 Å². The molecule has 1 N–H and O–H groups in total. The molecule has 0 radical (unpaired) electrons. The van der Waals surface area contributed by atoms with Crippen molar-refractivity contribution >= 4 is 11.7 Å². The van der Waals surface area contributed by atoms with Crippen LogP contribution in [0.5, 0.6) is 5.75 Å². The number of nitrogens with zero attached hydrogens (tertiary/aromatic N) is 2. The van der Waals surface area contributed by atoms with E-state index in [1.54, 1.807) is 25.7 Å². The summed E-state index contributed by atoms with van der Waals surface area (Å²) in [6, 6.07) is 11.7. The summed E-state index contributed by atoms with van der Waals surface area (Å²) in [4.78, 5) is 8.18. The zero-order valence-corrected chi connectivity index (χ0v) is 10.9. The Hall–Kier alpha value is -2.82. The van der Waals surface area contributed by atoms with Gasteiger partial charge in [-0.1, -0.05) is 12.1 Å². The van der Waals surface area contributed by atoms with Crippen LogP contribution in [0.1, 0.15) is 0 Å². The lowest BCUT2D eigenvalue weighted by Crippen LogP contribution is -1.93. The monoisotopic (exact) mass is 267 g/mol. The van der Waals surface area contributed by atoms with Crippen LogP contribution >= 0.6 is 0 Å². The molecule has 0 atom stereocenters. The van der Waals surface area contributed by atoms with Gasteiger partial charge in [-0.3, -0.25) is 4.98 Å². The molecular weight excluding hydrogens is 254 g/mol. The van der Waals surface area contributed by atoms with Gasteiger partial charge in [-0.2, -0.15) is 0 Å². The Morgan fingerprint density at radius 2 is 1.90 bits per heavy atom. The van der Waals surface area contributed by atoms with Gasteiger partial charge in [-0.15, -0.1) is 0 Å². The van der Waals surface area contributed by atoms with Gasteiger partial charge in [0.25, 0.3) is 6.01 Å². The van der Waals surface area contributed by atoms with Crippen molar-refractivity contribution in [1.29, 1.82) is 0 Å². The van der Waals surface area contributed by atoms with Crippen molar-refractivity contribution in [2.24, 2.45) is 0 Å². The standard InChI is InChI=1S/C15H13N3O2/c1-19-13-5-3-2-4-12(13)18-15-17-10-14(20-15)11-6-8-16-9-7-11/h2-10H,1H3,(H,17,18). The van der Waals surface area contributed by atoms with Crippen molar-refractivity contribution < 1.29 is 9.15 Å². The van der Waals surface area contributed by atoms with E-state index in [0.717, 1.165) is 17.0 Å². The predicted molar refractivity (Wildman–Crippen MR) is 76.0 cm³/mol. The predicted octanol–water partition coefficient (Wildman–Crippen LogP) is 3.49. The van der Waals surface area contributed by atoms with Gasteiger partial charge < -0.3 is 14.5 Å². The zero-order chi connectivity index (χ0) is 13.8. The Morgan fingerprint density at radius 3 is 2.70 bits per heavy atom. The number of anilines is 2. The van der Waals surface area contributed by atoms with Crippen LogP contribution < -0.4 is 10.1 Å². The van der Waals surface area contributed by atoms with Gasteiger partial charge >= 0.3 is 0 Å². The average molecular weight is 267 g/mol. The summed E-state index contributed by atoms with van der Waals surface area (Å²) in [5.74, 6) is 1.42. The quantitative estimate of drug-likeness (QED) is 0.784. The van der Waals surface area contributed by atoms with Crippen LogP contribution in [0.15, 0.2) is 59.4 Å². The van der Waals surface area contributed by atoms with E-state index in [1.165, 1.54) is 0 Å². The molecule has 0 amide bonds. The number of ether oxygens (including phenoxy) is 1. The second-order valence-corrected chi connectivity index (χ2v) is 4.09. The number of methoxy groups -OCH3 is 1. The Balaban J connectivity index is 1.84. The summed E-state index contributed by atoms with van der Waals surface area (Å²) >= 11 is 0. The highest BCUT2D eigenvalue weighted by Gasteiger charge is 2.08. The minimum Gasteiger partial charge on any atom is -0.495 e. The fraction of sp³-hybridized carbons (Fsp3) is 0.0667. The van der Waals surface area contributed by atoms with E-state index in [9.17, 15) is 0 Å². The molecule has 0 unspecified atom stereocenters. The highest BCUT2D eigenvalue weighted by Crippen LogP contribution is 2.28. The fourth-order valence-electron chi connectivity index (χ4n) is 1.84. The summed E-state index contributed by atoms with van der Waals surface area (Å²) < 4.78 is 10.9. The number of rotatable bonds is 4. The average Bonchev–Trinajstić information content (AvgIpc) is 2.97. The Bertz CT molecular complexity index is 695. The van der Waals surface area contributed by atoms with Crippen LogP contribution in [0.3, 0.4) is 0 Å². The smallest absolute Gasteiger partial charge is 0.299 e. The Kier molecular flexibility index (Phi) is 3.33. The lowest BCUT2D eigenvalue weighted by atomic mass is 10.2. The molecule has 0 bridgehead atoms. The summed E-state index contributed by atoms with van der Waals surface area (Å²) in [5.41, 5.74) is 1.73. The van der Waals surface area contributed by atoms with Crippen molar-refractivity contribution in [2.75, 3.05) is 12.4 Å². The fourth-order valence-corrected chi connectivity index (χ4v) is 1.84. The molecule has 1 aromatic carbocycles. The molecule has 5 nitrogen and oxygen atoms in total. The normalized spacial score (nSPS) is 10.2. The molecule has 3 rings (SSSR count). The number of nitrogens with one attached hydrogen (secondary N) is 1. The van der Waals surface area contributed by atoms with E-state index in [2.05, 4.69) is 15.3 Å². The molecule has 0 aliphatic rings. The minimum atomic E-state index is 0.418. The first kappa shape index (κ1) is 12.2. The van der Waals surface area contributed by atoms with Crippen LogP contribution in [0.25, 0.3) is 11.3 Å². The molecule has 0 aliphatic carbocycles. The summed E-state index contributed by atoms with van der Waals surface area (Å²) in [6.07, 6.45) is 5.10.